The molecular formula is C15H28O4. The van der Waals surface area contributed by atoms with Crippen LogP contribution in [0.1, 0.15) is 60.8 Å². The number of ether oxygens (including phenoxy) is 1. The SMILES string of the molecule is CCC(C)C(=O)OC1CCC1(C(C)(C)O)C(C)(C)O. The van der Waals surface area contributed by atoms with Crippen LogP contribution in [-0.2, 0) is 9.53 Å². The molecule has 0 aliphatic heterocycles. The smallest absolute Gasteiger partial charge is 0.308 e. The van der Waals surface area contributed by atoms with E-state index in [-0.39, 0.29) is 11.9 Å². The molecule has 0 aromatic heterocycles. The van der Waals surface area contributed by atoms with E-state index in [1.165, 1.54) is 0 Å². The summed E-state index contributed by atoms with van der Waals surface area (Å²) in [6.07, 6.45) is 1.65. The summed E-state index contributed by atoms with van der Waals surface area (Å²) in [5.41, 5.74) is -3.02. The zero-order valence-corrected chi connectivity index (χ0v) is 13.0. The third kappa shape index (κ3) is 2.65. The van der Waals surface area contributed by atoms with Gasteiger partial charge in [-0.05, 0) is 47.0 Å². The Morgan fingerprint density at radius 2 is 1.79 bits per heavy atom. The van der Waals surface area contributed by atoms with Crippen molar-refractivity contribution >= 4 is 5.97 Å². The minimum Gasteiger partial charge on any atom is -0.461 e. The molecule has 1 saturated carbocycles. The molecule has 2 unspecified atom stereocenters. The van der Waals surface area contributed by atoms with E-state index in [0.717, 1.165) is 6.42 Å². The fourth-order valence-corrected chi connectivity index (χ4v) is 3.28. The van der Waals surface area contributed by atoms with Gasteiger partial charge in [0.2, 0.25) is 0 Å². The van der Waals surface area contributed by atoms with Gasteiger partial charge in [0.05, 0.1) is 22.5 Å². The molecule has 19 heavy (non-hydrogen) atoms. The van der Waals surface area contributed by atoms with E-state index < -0.39 is 22.7 Å². The maximum absolute atomic E-state index is 11.9. The van der Waals surface area contributed by atoms with Gasteiger partial charge in [-0.25, -0.2) is 0 Å². The van der Waals surface area contributed by atoms with Crippen molar-refractivity contribution in [2.24, 2.45) is 11.3 Å². The van der Waals surface area contributed by atoms with Crippen LogP contribution in [0.15, 0.2) is 0 Å². The molecule has 4 nitrogen and oxygen atoms in total. The molecule has 0 heterocycles. The number of carbonyl (C=O) groups excluding carboxylic acids is 1. The molecule has 0 aromatic rings. The van der Waals surface area contributed by atoms with Crippen LogP contribution in [0.5, 0.6) is 0 Å². The van der Waals surface area contributed by atoms with Crippen molar-refractivity contribution in [2.75, 3.05) is 0 Å². The molecule has 4 heteroatoms. The highest BCUT2D eigenvalue weighted by molar-refractivity contribution is 5.72. The number of hydrogen-bond donors (Lipinski definition) is 2. The van der Waals surface area contributed by atoms with Crippen molar-refractivity contribution < 1.29 is 19.7 Å². The first-order valence-electron chi connectivity index (χ1n) is 7.12. The van der Waals surface area contributed by atoms with Crippen LogP contribution >= 0.6 is 0 Å². The number of rotatable bonds is 5. The van der Waals surface area contributed by atoms with E-state index in [0.29, 0.717) is 12.8 Å². The van der Waals surface area contributed by atoms with Crippen LogP contribution < -0.4 is 0 Å². The molecule has 1 rings (SSSR count). The average molecular weight is 272 g/mol. The Balaban J connectivity index is 2.95. The lowest BCUT2D eigenvalue weighted by molar-refractivity contribution is -0.268. The molecule has 1 fully saturated rings. The summed E-state index contributed by atoms with van der Waals surface area (Å²) < 4.78 is 5.55. The molecule has 112 valence electrons. The van der Waals surface area contributed by atoms with E-state index in [1.807, 2.05) is 13.8 Å². The minimum absolute atomic E-state index is 0.151. The summed E-state index contributed by atoms with van der Waals surface area (Å²) in [7, 11) is 0. The monoisotopic (exact) mass is 272 g/mol. The highest BCUT2D eigenvalue weighted by atomic mass is 16.5. The van der Waals surface area contributed by atoms with E-state index in [9.17, 15) is 15.0 Å². The third-order valence-electron chi connectivity index (χ3n) is 4.81. The second-order valence-electron chi connectivity index (χ2n) is 6.86. The lowest BCUT2D eigenvalue weighted by Crippen LogP contribution is -2.69. The van der Waals surface area contributed by atoms with Crippen molar-refractivity contribution in [3.63, 3.8) is 0 Å². The van der Waals surface area contributed by atoms with Crippen LogP contribution in [0.4, 0.5) is 0 Å². The van der Waals surface area contributed by atoms with E-state index in [2.05, 4.69) is 0 Å². The first-order chi connectivity index (χ1) is 8.47. The second-order valence-corrected chi connectivity index (χ2v) is 6.86. The summed E-state index contributed by atoms with van der Waals surface area (Å²) in [4.78, 5) is 11.9. The fourth-order valence-electron chi connectivity index (χ4n) is 3.28. The van der Waals surface area contributed by atoms with Gasteiger partial charge < -0.3 is 14.9 Å². The summed E-state index contributed by atoms with van der Waals surface area (Å²) in [6, 6.07) is 0. The molecule has 0 aromatic carbocycles. The van der Waals surface area contributed by atoms with Gasteiger partial charge in [0, 0.05) is 0 Å². The maximum atomic E-state index is 11.9. The van der Waals surface area contributed by atoms with Gasteiger partial charge in [-0.2, -0.15) is 0 Å². The normalized spacial score (nSPS) is 24.5. The molecular weight excluding hydrogens is 244 g/mol. The quantitative estimate of drug-likeness (QED) is 0.753. The number of esters is 1. The zero-order valence-electron chi connectivity index (χ0n) is 13.0. The maximum Gasteiger partial charge on any atom is 0.308 e. The molecule has 0 bridgehead atoms. The van der Waals surface area contributed by atoms with Crippen molar-refractivity contribution in [2.45, 2.75) is 78.1 Å². The molecule has 0 amide bonds. The number of carbonyl (C=O) groups is 1. The van der Waals surface area contributed by atoms with E-state index >= 15 is 0 Å². The predicted octanol–water partition coefficient (Wildman–Crippen LogP) is 2.27. The predicted molar refractivity (Wildman–Crippen MR) is 73.6 cm³/mol. The van der Waals surface area contributed by atoms with Gasteiger partial charge in [0.1, 0.15) is 6.10 Å². The van der Waals surface area contributed by atoms with Gasteiger partial charge in [-0.1, -0.05) is 13.8 Å². The Morgan fingerprint density at radius 1 is 1.32 bits per heavy atom. The summed E-state index contributed by atoms with van der Waals surface area (Å²) >= 11 is 0. The summed E-state index contributed by atoms with van der Waals surface area (Å²) in [5, 5.41) is 20.9. The van der Waals surface area contributed by atoms with Crippen LogP contribution in [0.2, 0.25) is 0 Å². The van der Waals surface area contributed by atoms with Crippen molar-refractivity contribution in [3.05, 3.63) is 0 Å². The molecule has 1 aliphatic rings. The number of hydrogen-bond acceptors (Lipinski definition) is 4. The van der Waals surface area contributed by atoms with Crippen molar-refractivity contribution in [1.82, 2.24) is 0 Å². The highest BCUT2D eigenvalue weighted by Gasteiger charge is 2.65. The Labute approximate surface area is 116 Å². The lowest BCUT2D eigenvalue weighted by atomic mass is 9.50. The van der Waals surface area contributed by atoms with Gasteiger partial charge in [0.15, 0.2) is 0 Å². The lowest BCUT2D eigenvalue weighted by Gasteiger charge is -2.60. The van der Waals surface area contributed by atoms with Gasteiger partial charge in [-0.15, -0.1) is 0 Å². The standard InChI is InChI=1S/C15H28O4/c1-7-10(2)12(16)19-11-8-9-15(11,13(3,4)17)14(5,6)18/h10-11,17-18H,7-9H2,1-6H3. The van der Waals surface area contributed by atoms with Crippen LogP contribution in [0.3, 0.4) is 0 Å². The average Bonchev–Trinajstić information content (AvgIpc) is 2.18. The third-order valence-corrected chi connectivity index (χ3v) is 4.81. The Hall–Kier alpha value is -0.610. The Kier molecular flexibility index (Phi) is 4.38. The zero-order chi connectivity index (χ0) is 15.1. The first kappa shape index (κ1) is 16.4. The minimum atomic E-state index is -1.11. The number of aliphatic hydroxyl groups is 2. The molecule has 2 atom stereocenters. The van der Waals surface area contributed by atoms with E-state index in [4.69, 9.17) is 4.74 Å². The largest absolute Gasteiger partial charge is 0.461 e. The molecule has 2 N–H and O–H groups in total. The van der Waals surface area contributed by atoms with Gasteiger partial charge >= 0.3 is 5.97 Å². The highest BCUT2D eigenvalue weighted by Crippen LogP contribution is 2.57. The summed E-state index contributed by atoms with van der Waals surface area (Å²) in [6.45, 7) is 10.5. The van der Waals surface area contributed by atoms with Crippen LogP contribution in [0.25, 0.3) is 0 Å². The van der Waals surface area contributed by atoms with E-state index in [1.54, 1.807) is 27.7 Å². The van der Waals surface area contributed by atoms with Crippen molar-refractivity contribution in [1.29, 1.82) is 0 Å². The topological polar surface area (TPSA) is 66.8 Å². The molecule has 0 spiro atoms. The van der Waals surface area contributed by atoms with Crippen LogP contribution in [-0.4, -0.2) is 33.5 Å². The molecule has 0 saturated heterocycles. The second kappa shape index (κ2) is 5.06. The molecule has 1 aliphatic carbocycles. The first-order valence-corrected chi connectivity index (χ1v) is 7.12. The molecule has 0 radical (unpaired) electrons. The van der Waals surface area contributed by atoms with Gasteiger partial charge in [0.25, 0.3) is 0 Å². The van der Waals surface area contributed by atoms with Gasteiger partial charge in [-0.3, -0.25) is 4.79 Å². The summed E-state index contributed by atoms with van der Waals surface area (Å²) in [5.74, 6) is -0.396. The van der Waals surface area contributed by atoms with Crippen LogP contribution in [0, 0.1) is 11.3 Å². The Morgan fingerprint density at radius 3 is 2.05 bits per heavy atom. The Bertz CT molecular complexity index is 321. The fraction of sp³-hybridized carbons (Fsp3) is 0.933. The van der Waals surface area contributed by atoms with Crippen molar-refractivity contribution in [3.8, 4) is 0 Å².